The second kappa shape index (κ2) is 10.3. The Morgan fingerprint density at radius 3 is 2.63 bits per heavy atom. The third kappa shape index (κ3) is 6.89. The fraction of sp³-hybridized carbons (Fsp3) is 0.400. The molecule has 0 spiro atoms. The third-order valence-corrected chi connectivity index (χ3v) is 4.07. The predicted octanol–water partition coefficient (Wildman–Crippen LogP) is 4.34. The molecule has 1 fully saturated rings. The Morgan fingerprint density at radius 1 is 1.26 bits per heavy atom. The molecule has 0 amide bonds. The molecule has 0 radical (unpaired) electrons. The molecule has 3 rings (SSSR count). The van der Waals surface area contributed by atoms with Crippen molar-refractivity contribution in [3.8, 4) is 11.6 Å². The standard InChI is InChI=1S/C20H26N4O2.HI/c1-14(2)25-18-8-6-16(7-9-18)24-20(21)23-13-15-10-11-22-19(12-15)26-17-4-3-5-17;/h6-12,14,17H,3-5,13H2,1-2H3,(H3,21,23,24);1H. The largest absolute Gasteiger partial charge is 0.491 e. The lowest BCUT2D eigenvalue weighted by Gasteiger charge is -2.25. The number of benzene rings is 1. The van der Waals surface area contributed by atoms with Crippen LogP contribution in [0.3, 0.4) is 0 Å². The van der Waals surface area contributed by atoms with Crippen molar-refractivity contribution in [2.75, 3.05) is 5.32 Å². The Labute approximate surface area is 177 Å². The molecule has 0 bridgehead atoms. The number of hydrogen-bond donors (Lipinski definition) is 2. The summed E-state index contributed by atoms with van der Waals surface area (Å²) in [6.07, 6.45) is 5.68. The first-order valence-electron chi connectivity index (χ1n) is 9.04. The lowest BCUT2D eigenvalue weighted by molar-refractivity contribution is 0.114. The van der Waals surface area contributed by atoms with Gasteiger partial charge in [0.15, 0.2) is 5.96 Å². The van der Waals surface area contributed by atoms with Crippen molar-refractivity contribution in [1.29, 1.82) is 0 Å². The van der Waals surface area contributed by atoms with Crippen molar-refractivity contribution >= 4 is 35.6 Å². The van der Waals surface area contributed by atoms with Crippen LogP contribution in [-0.4, -0.2) is 23.2 Å². The second-order valence-corrected chi connectivity index (χ2v) is 6.69. The maximum atomic E-state index is 5.98. The molecule has 1 saturated carbocycles. The average Bonchev–Trinajstić information content (AvgIpc) is 2.58. The number of nitrogens with one attached hydrogen (secondary N) is 1. The van der Waals surface area contributed by atoms with E-state index in [1.807, 2.05) is 50.2 Å². The molecular weight excluding hydrogens is 455 g/mol. The first-order chi connectivity index (χ1) is 12.6. The molecule has 6 nitrogen and oxygen atoms in total. The van der Waals surface area contributed by atoms with Crippen molar-refractivity contribution in [1.82, 2.24) is 4.98 Å². The molecule has 27 heavy (non-hydrogen) atoms. The van der Waals surface area contributed by atoms with Crippen LogP contribution in [-0.2, 0) is 6.54 Å². The number of nitrogens with zero attached hydrogens (tertiary/aromatic N) is 2. The molecule has 1 aromatic carbocycles. The van der Waals surface area contributed by atoms with E-state index >= 15 is 0 Å². The summed E-state index contributed by atoms with van der Waals surface area (Å²) in [6, 6.07) is 11.5. The highest BCUT2D eigenvalue weighted by Gasteiger charge is 2.19. The van der Waals surface area contributed by atoms with E-state index in [1.165, 1.54) is 6.42 Å². The van der Waals surface area contributed by atoms with E-state index in [0.717, 1.165) is 29.8 Å². The van der Waals surface area contributed by atoms with Crippen LogP contribution in [0.4, 0.5) is 5.69 Å². The first kappa shape index (κ1) is 21.3. The Balaban J connectivity index is 0.00000261. The second-order valence-electron chi connectivity index (χ2n) is 6.69. The first-order valence-corrected chi connectivity index (χ1v) is 9.04. The van der Waals surface area contributed by atoms with Crippen molar-refractivity contribution in [3.63, 3.8) is 0 Å². The minimum Gasteiger partial charge on any atom is -0.491 e. The number of aliphatic imine (C=N–C) groups is 1. The van der Waals surface area contributed by atoms with Crippen molar-refractivity contribution < 1.29 is 9.47 Å². The number of ether oxygens (including phenoxy) is 2. The van der Waals surface area contributed by atoms with Crippen LogP contribution in [0.25, 0.3) is 0 Å². The van der Waals surface area contributed by atoms with Gasteiger partial charge in [-0.1, -0.05) is 0 Å². The molecule has 7 heteroatoms. The monoisotopic (exact) mass is 482 g/mol. The van der Waals surface area contributed by atoms with Gasteiger partial charge in [0.25, 0.3) is 0 Å². The molecule has 146 valence electrons. The van der Waals surface area contributed by atoms with Gasteiger partial charge in [-0.15, -0.1) is 24.0 Å². The van der Waals surface area contributed by atoms with Gasteiger partial charge < -0.3 is 20.5 Å². The highest BCUT2D eigenvalue weighted by atomic mass is 127. The number of halogens is 1. The Bertz CT molecular complexity index is 746. The number of nitrogens with two attached hydrogens (primary N) is 1. The van der Waals surface area contributed by atoms with Gasteiger partial charge >= 0.3 is 0 Å². The molecule has 0 atom stereocenters. The molecule has 3 N–H and O–H groups in total. The SMILES string of the molecule is CC(C)Oc1ccc(NC(N)=NCc2ccnc(OC3CCC3)c2)cc1.I. The third-order valence-electron chi connectivity index (χ3n) is 4.07. The van der Waals surface area contributed by atoms with Crippen molar-refractivity contribution in [3.05, 3.63) is 48.2 Å². The molecule has 0 aliphatic heterocycles. The zero-order valence-electron chi connectivity index (χ0n) is 15.7. The number of anilines is 1. The molecule has 0 unspecified atom stereocenters. The number of guanidine groups is 1. The maximum absolute atomic E-state index is 5.98. The van der Waals surface area contributed by atoms with Crippen LogP contribution >= 0.6 is 24.0 Å². The lowest BCUT2D eigenvalue weighted by atomic mass is 9.96. The summed E-state index contributed by atoms with van der Waals surface area (Å²) in [7, 11) is 0. The molecule has 0 saturated heterocycles. The van der Waals surface area contributed by atoms with Crippen LogP contribution in [0.15, 0.2) is 47.6 Å². The van der Waals surface area contributed by atoms with Crippen molar-refractivity contribution in [2.24, 2.45) is 10.7 Å². The predicted molar refractivity (Wildman–Crippen MR) is 119 cm³/mol. The summed E-state index contributed by atoms with van der Waals surface area (Å²) in [4.78, 5) is 8.64. The number of rotatable bonds is 7. The van der Waals surface area contributed by atoms with E-state index in [4.69, 9.17) is 15.2 Å². The molecule has 1 heterocycles. The van der Waals surface area contributed by atoms with Crippen molar-refractivity contribution in [2.45, 2.75) is 51.9 Å². The average molecular weight is 482 g/mol. The Kier molecular flexibility index (Phi) is 8.15. The number of hydrogen-bond acceptors (Lipinski definition) is 4. The van der Waals surface area contributed by atoms with Crippen LogP contribution in [0.2, 0.25) is 0 Å². The quantitative estimate of drug-likeness (QED) is 0.349. The van der Waals surface area contributed by atoms with E-state index in [9.17, 15) is 0 Å². The molecular formula is C20H27IN4O2. The molecule has 1 aliphatic carbocycles. The van der Waals surface area contributed by atoms with E-state index in [0.29, 0.717) is 24.5 Å². The minimum atomic E-state index is 0. The van der Waals surface area contributed by atoms with Gasteiger partial charge in [0, 0.05) is 18.0 Å². The van der Waals surface area contributed by atoms with Gasteiger partial charge in [-0.25, -0.2) is 9.98 Å². The van der Waals surface area contributed by atoms with E-state index < -0.39 is 0 Å². The summed E-state index contributed by atoms with van der Waals surface area (Å²) in [5.41, 5.74) is 7.86. The number of aromatic nitrogens is 1. The summed E-state index contributed by atoms with van der Waals surface area (Å²) in [6.45, 7) is 4.47. The van der Waals surface area contributed by atoms with Gasteiger partial charge in [-0.05, 0) is 69.0 Å². The maximum Gasteiger partial charge on any atom is 0.213 e. The molecule has 1 aliphatic rings. The zero-order chi connectivity index (χ0) is 18.4. The van der Waals surface area contributed by atoms with Crippen LogP contribution in [0.5, 0.6) is 11.6 Å². The van der Waals surface area contributed by atoms with Gasteiger partial charge in [0.05, 0.1) is 12.6 Å². The summed E-state index contributed by atoms with van der Waals surface area (Å²) in [5.74, 6) is 1.85. The van der Waals surface area contributed by atoms with Gasteiger partial charge in [-0.2, -0.15) is 0 Å². The highest BCUT2D eigenvalue weighted by molar-refractivity contribution is 14.0. The number of pyridine rings is 1. The summed E-state index contributed by atoms with van der Waals surface area (Å²) < 4.78 is 11.4. The topological polar surface area (TPSA) is 81.8 Å². The summed E-state index contributed by atoms with van der Waals surface area (Å²) in [5, 5.41) is 3.08. The molecule has 2 aromatic rings. The minimum absolute atomic E-state index is 0. The van der Waals surface area contributed by atoms with E-state index in [2.05, 4.69) is 15.3 Å². The normalized spacial score (nSPS) is 14.3. The smallest absolute Gasteiger partial charge is 0.213 e. The van der Waals surface area contributed by atoms with Gasteiger partial charge in [0.1, 0.15) is 11.9 Å². The van der Waals surface area contributed by atoms with Gasteiger partial charge in [-0.3, -0.25) is 0 Å². The van der Waals surface area contributed by atoms with E-state index in [-0.39, 0.29) is 30.1 Å². The lowest BCUT2D eigenvalue weighted by Crippen LogP contribution is -2.25. The van der Waals surface area contributed by atoms with Crippen LogP contribution < -0.4 is 20.5 Å². The Morgan fingerprint density at radius 2 is 2.00 bits per heavy atom. The van der Waals surface area contributed by atoms with Crippen LogP contribution in [0, 0.1) is 0 Å². The molecule has 1 aromatic heterocycles. The summed E-state index contributed by atoms with van der Waals surface area (Å²) >= 11 is 0. The zero-order valence-corrected chi connectivity index (χ0v) is 18.1. The van der Waals surface area contributed by atoms with E-state index in [1.54, 1.807) is 6.20 Å². The fourth-order valence-corrected chi connectivity index (χ4v) is 2.53. The van der Waals surface area contributed by atoms with Gasteiger partial charge in [0.2, 0.25) is 5.88 Å². The highest BCUT2D eigenvalue weighted by Crippen LogP contribution is 2.24. The fourth-order valence-electron chi connectivity index (χ4n) is 2.53. The Hall–Kier alpha value is -2.03. The van der Waals surface area contributed by atoms with Crippen LogP contribution in [0.1, 0.15) is 38.7 Å².